The van der Waals surface area contributed by atoms with Crippen molar-refractivity contribution in [3.05, 3.63) is 54.2 Å². The van der Waals surface area contributed by atoms with Crippen molar-refractivity contribution >= 4 is 17.6 Å². The van der Waals surface area contributed by atoms with Crippen molar-refractivity contribution in [3.63, 3.8) is 0 Å². The van der Waals surface area contributed by atoms with Crippen molar-refractivity contribution in [2.24, 2.45) is 0 Å². The molecule has 1 amide bonds. The number of pyridine rings is 1. The average molecular weight is 285 g/mol. The predicted octanol–water partition coefficient (Wildman–Crippen LogP) is 3.29. The number of rotatable bonds is 5. The zero-order valence-corrected chi connectivity index (χ0v) is 12.2. The Labute approximate surface area is 124 Å². The zero-order chi connectivity index (χ0) is 15.1. The quantitative estimate of drug-likeness (QED) is 0.916. The molecule has 0 saturated heterocycles. The molecule has 0 fully saturated rings. The second kappa shape index (κ2) is 7.28. The minimum absolute atomic E-state index is 0.344. The number of benzene rings is 1. The van der Waals surface area contributed by atoms with Gasteiger partial charge in [0.1, 0.15) is 5.82 Å². The smallest absolute Gasteiger partial charge is 0.411 e. The summed E-state index contributed by atoms with van der Waals surface area (Å²) in [5.74, 6) is 0.841. The van der Waals surface area contributed by atoms with Crippen LogP contribution in [0.25, 0.3) is 0 Å². The molecule has 5 nitrogen and oxygen atoms in total. The maximum atomic E-state index is 11.3. The number of carbonyl (C=O) groups excluding carboxylic acids is 1. The van der Waals surface area contributed by atoms with Crippen LogP contribution in [0, 0.1) is 0 Å². The molecule has 1 aromatic carbocycles. The maximum Gasteiger partial charge on any atom is 0.411 e. The van der Waals surface area contributed by atoms with Gasteiger partial charge in [-0.1, -0.05) is 30.3 Å². The molecular weight excluding hydrogens is 266 g/mol. The summed E-state index contributed by atoms with van der Waals surface area (Å²) in [7, 11) is 1.98. The highest BCUT2D eigenvalue weighted by Gasteiger charge is 2.05. The van der Waals surface area contributed by atoms with Gasteiger partial charge in [0.25, 0.3) is 0 Å². The van der Waals surface area contributed by atoms with Gasteiger partial charge in [-0.15, -0.1) is 0 Å². The third-order valence-corrected chi connectivity index (χ3v) is 2.92. The lowest BCUT2D eigenvalue weighted by Gasteiger charge is -2.18. The van der Waals surface area contributed by atoms with Gasteiger partial charge < -0.3 is 9.64 Å². The number of ether oxygens (including phenoxy) is 1. The zero-order valence-electron chi connectivity index (χ0n) is 12.2. The molecule has 0 radical (unpaired) electrons. The summed E-state index contributed by atoms with van der Waals surface area (Å²) in [6.45, 7) is 2.88. The molecule has 0 aliphatic carbocycles. The Bertz CT molecular complexity index is 570. The number of aromatic nitrogens is 1. The Kier molecular flexibility index (Phi) is 5.15. The van der Waals surface area contributed by atoms with Crippen molar-refractivity contribution in [1.82, 2.24) is 4.98 Å². The van der Waals surface area contributed by atoms with E-state index in [1.165, 1.54) is 5.56 Å². The molecule has 1 N–H and O–H groups in total. The molecule has 0 bridgehead atoms. The van der Waals surface area contributed by atoms with Gasteiger partial charge in [-0.05, 0) is 24.6 Å². The first-order chi connectivity index (χ1) is 10.2. The summed E-state index contributed by atoms with van der Waals surface area (Å²) in [6, 6.07) is 13.9. The molecule has 110 valence electrons. The van der Waals surface area contributed by atoms with E-state index in [0.29, 0.717) is 12.3 Å². The number of hydrogen-bond donors (Lipinski definition) is 1. The fraction of sp³-hybridized carbons (Fsp3) is 0.250. The SMILES string of the molecule is CCOC(=O)Nc1ccc(N(C)Cc2ccccc2)nc1. The van der Waals surface area contributed by atoms with E-state index in [0.717, 1.165) is 12.4 Å². The Balaban J connectivity index is 1.96. The number of nitrogens with one attached hydrogen (secondary N) is 1. The van der Waals surface area contributed by atoms with Crippen LogP contribution < -0.4 is 10.2 Å². The molecule has 21 heavy (non-hydrogen) atoms. The van der Waals surface area contributed by atoms with Crippen LogP contribution in [0.1, 0.15) is 12.5 Å². The van der Waals surface area contributed by atoms with Gasteiger partial charge in [0.15, 0.2) is 0 Å². The van der Waals surface area contributed by atoms with Gasteiger partial charge in [0, 0.05) is 13.6 Å². The second-order valence-corrected chi connectivity index (χ2v) is 4.59. The number of amides is 1. The van der Waals surface area contributed by atoms with Crippen molar-refractivity contribution in [1.29, 1.82) is 0 Å². The summed E-state index contributed by atoms with van der Waals surface area (Å²) in [5, 5.41) is 2.62. The van der Waals surface area contributed by atoms with Gasteiger partial charge in [0.05, 0.1) is 18.5 Å². The molecule has 2 aromatic rings. The van der Waals surface area contributed by atoms with E-state index in [-0.39, 0.29) is 0 Å². The summed E-state index contributed by atoms with van der Waals surface area (Å²) in [5.41, 5.74) is 1.83. The first kappa shape index (κ1) is 14.8. The number of carbonyl (C=O) groups is 1. The van der Waals surface area contributed by atoms with Gasteiger partial charge in [-0.25, -0.2) is 9.78 Å². The van der Waals surface area contributed by atoms with Gasteiger partial charge in [0.2, 0.25) is 0 Å². The first-order valence-corrected chi connectivity index (χ1v) is 6.84. The minimum Gasteiger partial charge on any atom is -0.450 e. The molecule has 5 heteroatoms. The first-order valence-electron chi connectivity index (χ1n) is 6.84. The Morgan fingerprint density at radius 2 is 2.00 bits per heavy atom. The van der Waals surface area contributed by atoms with Crippen LogP contribution in [0.2, 0.25) is 0 Å². The molecule has 0 atom stereocenters. The highest BCUT2D eigenvalue weighted by atomic mass is 16.5. The third-order valence-electron chi connectivity index (χ3n) is 2.92. The van der Waals surface area contributed by atoms with E-state index in [9.17, 15) is 4.79 Å². The van der Waals surface area contributed by atoms with E-state index in [4.69, 9.17) is 4.74 Å². The highest BCUT2D eigenvalue weighted by Crippen LogP contribution is 2.15. The Morgan fingerprint density at radius 1 is 1.24 bits per heavy atom. The van der Waals surface area contributed by atoms with Crippen molar-refractivity contribution in [2.75, 3.05) is 23.9 Å². The lowest BCUT2D eigenvalue weighted by atomic mass is 10.2. The van der Waals surface area contributed by atoms with E-state index < -0.39 is 6.09 Å². The normalized spacial score (nSPS) is 10.0. The fourth-order valence-corrected chi connectivity index (χ4v) is 1.91. The summed E-state index contributed by atoms with van der Waals surface area (Å²) >= 11 is 0. The molecule has 0 spiro atoms. The van der Waals surface area contributed by atoms with Crippen molar-refractivity contribution in [2.45, 2.75) is 13.5 Å². The van der Waals surface area contributed by atoms with Gasteiger partial charge in [-0.3, -0.25) is 5.32 Å². The molecule has 1 heterocycles. The molecule has 0 aliphatic rings. The fourth-order valence-electron chi connectivity index (χ4n) is 1.91. The monoisotopic (exact) mass is 285 g/mol. The summed E-state index contributed by atoms with van der Waals surface area (Å²) < 4.78 is 4.81. The van der Waals surface area contributed by atoms with Crippen LogP contribution in [0.15, 0.2) is 48.7 Å². The highest BCUT2D eigenvalue weighted by molar-refractivity contribution is 5.84. The molecule has 2 rings (SSSR count). The maximum absolute atomic E-state index is 11.3. The van der Waals surface area contributed by atoms with Crippen LogP contribution in [0.4, 0.5) is 16.3 Å². The van der Waals surface area contributed by atoms with Crippen molar-refractivity contribution in [3.8, 4) is 0 Å². The van der Waals surface area contributed by atoms with E-state index >= 15 is 0 Å². The molecule has 0 aliphatic heterocycles. The van der Waals surface area contributed by atoms with E-state index in [1.807, 2.05) is 36.2 Å². The predicted molar refractivity (Wildman–Crippen MR) is 83.4 cm³/mol. The Hall–Kier alpha value is -2.56. The lowest BCUT2D eigenvalue weighted by Crippen LogP contribution is -2.18. The Morgan fingerprint density at radius 3 is 2.62 bits per heavy atom. The van der Waals surface area contributed by atoms with Crippen LogP contribution in [0.5, 0.6) is 0 Å². The molecule has 0 unspecified atom stereocenters. The number of anilines is 2. The largest absolute Gasteiger partial charge is 0.450 e. The topological polar surface area (TPSA) is 54.5 Å². The van der Waals surface area contributed by atoms with Crippen molar-refractivity contribution < 1.29 is 9.53 Å². The summed E-state index contributed by atoms with van der Waals surface area (Å²) in [4.78, 5) is 17.7. The van der Waals surface area contributed by atoms with E-state index in [2.05, 4.69) is 22.4 Å². The van der Waals surface area contributed by atoms with Crippen LogP contribution in [0.3, 0.4) is 0 Å². The molecule has 0 saturated carbocycles. The van der Waals surface area contributed by atoms with Crippen LogP contribution in [-0.4, -0.2) is 24.7 Å². The van der Waals surface area contributed by atoms with Gasteiger partial charge in [-0.2, -0.15) is 0 Å². The summed E-state index contributed by atoms with van der Waals surface area (Å²) in [6.07, 6.45) is 1.15. The standard InChI is InChI=1S/C16H19N3O2/c1-3-21-16(20)18-14-9-10-15(17-11-14)19(2)12-13-7-5-4-6-8-13/h4-11H,3,12H2,1-2H3,(H,18,20). The second-order valence-electron chi connectivity index (χ2n) is 4.59. The van der Waals surface area contributed by atoms with Crippen LogP contribution in [-0.2, 0) is 11.3 Å². The minimum atomic E-state index is -0.468. The number of hydrogen-bond acceptors (Lipinski definition) is 4. The number of nitrogens with zero attached hydrogens (tertiary/aromatic N) is 2. The molecular formula is C16H19N3O2. The van der Waals surface area contributed by atoms with E-state index in [1.54, 1.807) is 19.2 Å². The average Bonchev–Trinajstić information content (AvgIpc) is 2.49. The van der Waals surface area contributed by atoms with Gasteiger partial charge >= 0.3 is 6.09 Å². The third kappa shape index (κ3) is 4.49. The van der Waals surface area contributed by atoms with Crippen LogP contribution >= 0.6 is 0 Å². The lowest BCUT2D eigenvalue weighted by molar-refractivity contribution is 0.168. The molecule has 1 aromatic heterocycles.